The van der Waals surface area contributed by atoms with Crippen LogP contribution in [0.15, 0.2) is 68.6 Å². The van der Waals surface area contributed by atoms with Crippen molar-refractivity contribution in [2.75, 3.05) is 6.54 Å². The first-order valence-electron chi connectivity index (χ1n) is 9.38. The van der Waals surface area contributed by atoms with Gasteiger partial charge in [-0.1, -0.05) is 46.7 Å². The van der Waals surface area contributed by atoms with Gasteiger partial charge in [0, 0.05) is 28.0 Å². The molecular formula is C22H20BrN3OS. The average Bonchev–Trinajstić information content (AvgIpc) is 3.36. The molecule has 2 aromatic heterocycles. The molecule has 1 fully saturated rings. The lowest BCUT2D eigenvalue weighted by Crippen LogP contribution is -2.28. The monoisotopic (exact) mass is 453 g/mol. The van der Waals surface area contributed by atoms with Crippen LogP contribution >= 0.6 is 27.7 Å². The molecule has 4 nitrogen and oxygen atoms in total. The second-order valence-electron chi connectivity index (χ2n) is 7.32. The highest BCUT2D eigenvalue weighted by Gasteiger charge is 2.45. The van der Waals surface area contributed by atoms with Crippen LogP contribution in [0.1, 0.15) is 36.0 Å². The smallest absolute Gasteiger partial charge is 0.161 e. The largest absolute Gasteiger partial charge is 0.459 e. The number of rotatable bonds is 3. The van der Waals surface area contributed by atoms with E-state index in [-0.39, 0.29) is 12.1 Å². The highest BCUT2D eigenvalue weighted by molar-refractivity contribution is 9.10. The van der Waals surface area contributed by atoms with Crippen molar-refractivity contribution in [2.45, 2.75) is 31.2 Å². The van der Waals surface area contributed by atoms with E-state index in [0.717, 1.165) is 39.0 Å². The van der Waals surface area contributed by atoms with Crippen molar-refractivity contribution in [1.82, 2.24) is 9.88 Å². The minimum atomic E-state index is -0.0448. The quantitative estimate of drug-likeness (QED) is 0.487. The zero-order chi connectivity index (χ0) is 19.3. The second-order valence-corrected chi connectivity index (χ2v) is 9.58. The Hall–Kier alpha value is -2.05. The SMILES string of the molecule is Cc1ccc(-c2ccc([C@H]3[C@H](c4ccccn4)N=C4S[C@@H](C)CN43)o2)c(Br)c1. The van der Waals surface area contributed by atoms with E-state index in [9.17, 15) is 0 Å². The van der Waals surface area contributed by atoms with Gasteiger partial charge >= 0.3 is 0 Å². The standard InChI is InChI=1S/C22H20BrN3OS/c1-13-6-7-15(16(23)11-13)18-8-9-19(27-18)21-20(17-5-3-4-10-24-17)25-22-26(21)12-14(2)28-22/h3-11,14,20-21H,12H2,1-2H3/t14-,20-,21-/m0/s1. The summed E-state index contributed by atoms with van der Waals surface area (Å²) in [4.78, 5) is 12.0. The van der Waals surface area contributed by atoms with Gasteiger partial charge in [0.1, 0.15) is 23.6 Å². The van der Waals surface area contributed by atoms with Crippen LogP contribution in [0.2, 0.25) is 0 Å². The number of thioether (sulfide) groups is 1. The summed E-state index contributed by atoms with van der Waals surface area (Å²) in [6, 6.07) is 16.5. The van der Waals surface area contributed by atoms with Crippen LogP contribution in [0, 0.1) is 6.92 Å². The maximum Gasteiger partial charge on any atom is 0.161 e. The van der Waals surface area contributed by atoms with Crippen molar-refractivity contribution in [1.29, 1.82) is 0 Å². The van der Waals surface area contributed by atoms with Crippen molar-refractivity contribution in [3.63, 3.8) is 0 Å². The van der Waals surface area contributed by atoms with Crippen molar-refractivity contribution in [2.24, 2.45) is 4.99 Å². The molecule has 0 saturated carbocycles. The second kappa shape index (κ2) is 7.08. The number of furan rings is 1. The fourth-order valence-corrected chi connectivity index (χ4v) is 5.68. The molecule has 1 saturated heterocycles. The Morgan fingerprint density at radius 2 is 2.07 bits per heavy atom. The summed E-state index contributed by atoms with van der Waals surface area (Å²) >= 11 is 5.51. The number of aryl methyl sites for hydroxylation is 1. The van der Waals surface area contributed by atoms with Crippen LogP contribution in [0.5, 0.6) is 0 Å². The Balaban J connectivity index is 1.54. The van der Waals surface area contributed by atoms with Gasteiger partial charge < -0.3 is 9.32 Å². The molecule has 3 aromatic rings. The van der Waals surface area contributed by atoms with Gasteiger partial charge in [0.15, 0.2) is 5.17 Å². The van der Waals surface area contributed by atoms with Gasteiger partial charge in [-0.05, 0) is 48.9 Å². The van der Waals surface area contributed by atoms with Crippen molar-refractivity contribution in [3.8, 4) is 11.3 Å². The Bertz CT molecular complexity index is 1050. The summed E-state index contributed by atoms with van der Waals surface area (Å²) in [6.07, 6.45) is 1.84. The summed E-state index contributed by atoms with van der Waals surface area (Å²) in [5.41, 5.74) is 3.26. The summed E-state index contributed by atoms with van der Waals surface area (Å²) in [7, 11) is 0. The summed E-state index contributed by atoms with van der Waals surface area (Å²) < 4.78 is 7.43. The summed E-state index contributed by atoms with van der Waals surface area (Å²) in [5.74, 6) is 1.81. The number of hydrogen-bond acceptors (Lipinski definition) is 5. The molecule has 0 aliphatic carbocycles. The van der Waals surface area contributed by atoms with Crippen molar-refractivity contribution in [3.05, 3.63) is 76.2 Å². The van der Waals surface area contributed by atoms with Gasteiger partial charge in [-0.2, -0.15) is 0 Å². The van der Waals surface area contributed by atoms with Crippen LogP contribution < -0.4 is 0 Å². The fourth-order valence-electron chi connectivity index (χ4n) is 3.90. The maximum absolute atomic E-state index is 6.39. The number of benzene rings is 1. The van der Waals surface area contributed by atoms with Crippen LogP contribution in [-0.4, -0.2) is 26.8 Å². The molecule has 0 unspecified atom stereocenters. The van der Waals surface area contributed by atoms with Crippen LogP contribution in [0.25, 0.3) is 11.3 Å². The fraction of sp³-hybridized carbons (Fsp3) is 0.273. The number of aromatic nitrogens is 1. The number of halogens is 1. The topological polar surface area (TPSA) is 41.6 Å². The number of aliphatic imine (C=N–C) groups is 1. The molecule has 2 aliphatic heterocycles. The Morgan fingerprint density at radius 3 is 2.86 bits per heavy atom. The van der Waals surface area contributed by atoms with E-state index in [1.165, 1.54) is 5.56 Å². The highest BCUT2D eigenvalue weighted by Crippen LogP contribution is 2.48. The van der Waals surface area contributed by atoms with E-state index in [2.05, 4.69) is 76.1 Å². The number of fused-ring (bicyclic) bond motifs is 1. The molecule has 0 radical (unpaired) electrons. The molecule has 5 rings (SSSR count). The molecule has 3 atom stereocenters. The predicted octanol–water partition coefficient (Wildman–Crippen LogP) is 6.00. The molecule has 1 aromatic carbocycles. The first-order chi connectivity index (χ1) is 13.6. The van der Waals surface area contributed by atoms with Gasteiger partial charge in [-0.3, -0.25) is 4.98 Å². The Kier molecular flexibility index (Phi) is 4.56. The third kappa shape index (κ3) is 3.08. The summed E-state index contributed by atoms with van der Waals surface area (Å²) in [5, 5.41) is 1.63. The van der Waals surface area contributed by atoms with Gasteiger partial charge in [-0.15, -0.1) is 0 Å². The normalized spacial score (nSPS) is 23.8. The number of hydrogen-bond donors (Lipinski definition) is 0. The van der Waals surface area contributed by atoms with Crippen molar-refractivity contribution >= 4 is 32.9 Å². The lowest BCUT2D eigenvalue weighted by atomic mass is 10.0. The van der Waals surface area contributed by atoms with E-state index in [1.807, 2.05) is 30.1 Å². The van der Waals surface area contributed by atoms with E-state index in [0.29, 0.717) is 5.25 Å². The van der Waals surface area contributed by atoms with E-state index in [1.54, 1.807) is 0 Å². The van der Waals surface area contributed by atoms with Crippen LogP contribution in [0.4, 0.5) is 0 Å². The molecule has 0 bridgehead atoms. The summed E-state index contributed by atoms with van der Waals surface area (Å²) in [6.45, 7) is 5.31. The number of nitrogens with zero attached hydrogens (tertiary/aromatic N) is 3. The molecule has 28 heavy (non-hydrogen) atoms. The van der Waals surface area contributed by atoms with Gasteiger partial charge in [0.2, 0.25) is 0 Å². The zero-order valence-electron chi connectivity index (χ0n) is 15.7. The van der Waals surface area contributed by atoms with Gasteiger partial charge in [0.25, 0.3) is 0 Å². The third-order valence-corrected chi connectivity index (χ3v) is 6.95. The predicted molar refractivity (Wildman–Crippen MR) is 117 cm³/mol. The van der Waals surface area contributed by atoms with Gasteiger partial charge in [-0.25, -0.2) is 4.99 Å². The molecule has 2 aliphatic rings. The lowest BCUT2D eigenvalue weighted by molar-refractivity contribution is 0.277. The van der Waals surface area contributed by atoms with E-state index >= 15 is 0 Å². The van der Waals surface area contributed by atoms with Crippen LogP contribution in [-0.2, 0) is 0 Å². The van der Waals surface area contributed by atoms with Gasteiger partial charge in [0.05, 0.1) is 5.69 Å². The van der Waals surface area contributed by atoms with Crippen molar-refractivity contribution < 1.29 is 4.42 Å². The molecule has 0 spiro atoms. The lowest BCUT2D eigenvalue weighted by Gasteiger charge is -2.25. The maximum atomic E-state index is 6.39. The molecule has 142 valence electrons. The number of pyridine rings is 1. The molecule has 6 heteroatoms. The van der Waals surface area contributed by atoms with E-state index in [4.69, 9.17) is 9.41 Å². The molecular weight excluding hydrogens is 434 g/mol. The first kappa shape index (κ1) is 18.0. The zero-order valence-corrected chi connectivity index (χ0v) is 18.1. The minimum absolute atomic E-state index is 0.0420. The molecule has 0 N–H and O–H groups in total. The number of amidine groups is 1. The average molecular weight is 454 g/mol. The first-order valence-corrected chi connectivity index (χ1v) is 11.1. The molecule has 4 heterocycles. The minimum Gasteiger partial charge on any atom is -0.459 e. The Labute approximate surface area is 177 Å². The molecule has 0 amide bonds. The Morgan fingerprint density at radius 1 is 1.18 bits per heavy atom. The van der Waals surface area contributed by atoms with E-state index < -0.39 is 0 Å². The van der Waals surface area contributed by atoms with Crippen LogP contribution in [0.3, 0.4) is 0 Å². The highest BCUT2D eigenvalue weighted by atomic mass is 79.9. The third-order valence-electron chi connectivity index (χ3n) is 5.19.